The second-order valence-electron chi connectivity index (χ2n) is 8.77. The first-order chi connectivity index (χ1) is 14.8. The highest BCUT2D eigenvalue weighted by molar-refractivity contribution is 5.69. The minimum absolute atomic E-state index is 0.0315. The Labute approximate surface area is 188 Å². The molecule has 1 fully saturated rings. The number of allylic oxidation sites excluding steroid dienone is 1. The van der Waals surface area contributed by atoms with Crippen molar-refractivity contribution in [3.63, 3.8) is 0 Å². The molecule has 0 aliphatic heterocycles. The number of rotatable bonds is 11. The number of aliphatic hydroxyl groups excluding tert-OH is 3. The molecule has 0 amide bonds. The van der Waals surface area contributed by atoms with E-state index < -0.39 is 12.2 Å². The lowest BCUT2D eigenvalue weighted by Crippen LogP contribution is -2.23. The van der Waals surface area contributed by atoms with Crippen molar-refractivity contribution in [2.75, 3.05) is 0 Å². The molecule has 0 heterocycles. The Morgan fingerprint density at radius 1 is 1.16 bits per heavy atom. The van der Waals surface area contributed by atoms with Gasteiger partial charge in [0.25, 0.3) is 0 Å². The number of carbonyl (C=O) groups excluding carboxylic acids is 1. The van der Waals surface area contributed by atoms with Crippen molar-refractivity contribution >= 4 is 5.97 Å². The van der Waals surface area contributed by atoms with Gasteiger partial charge in [0.15, 0.2) is 0 Å². The van der Waals surface area contributed by atoms with Crippen molar-refractivity contribution in [2.45, 2.75) is 96.6 Å². The zero-order chi connectivity index (χ0) is 23.2. The third-order valence-corrected chi connectivity index (χ3v) is 5.72. The summed E-state index contributed by atoms with van der Waals surface area (Å²) in [6, 6.07) is 10.2. The number of carbonyl (C=O) groups is 1. The van der Waals surface area contributed by atoms with Gasteiger partial charge in [-0.1, -0.05) is 43.3 Å². The second kappa shape index (κ2) is 15.2. The Morgan fingerprint density at radius 3 is 2.39 bits per heavy atom. The molecule has 0 spiro atoms. The van der Waals surface area contributed by atoms with Crippen LogP contribution < -0.4 is 0 Å². The summed E-state index contributed by atoms with van der Waals surface area (Å²) < 4.78 is 4.85. The van der Waals surface area contributed by atoms with Crippen LogP contribution in [0.15, 0.2) is 43.0 Å². The molecule has 0 saturated heterocycles. The molecule has 5 heteroatoms. The summed E-state index contributed by atoms with van der Waals surface area (Å²) in [5, 5.41) is 30.3. The summed E-state index contributed by atoms with van der Waals surface area (Å²) in [6.07, 6.45) is 6.21. The monoisotopic (exact) mass is 434 g/mol. The summed E-state index contributed by atoms with van der Waals surface area (Å²) in [5.41, 5.74) is 1.24. The summed E-state index contributed by atoms with van der Waals surface area (Å²) in [6.45, 7) is 9.40. The number of aliphatic hydroxyl groups is 3. The van der Waals surface area contributed by atoms with Crippen LogP contribution in [0.5, 0.6) is 0 Å². The van der Waals surface area contributed by atoms with Crippen LogP contribution in [-0.2, 0) is 16.0 Å². The van der Waals surface area contributed by atoms with E-state index in [1.807, 2.05) is 45.0 Å². The van der Waals surface area contributed by atoms with E-state index in [0.29, 0.717) is 19.3 Å². The molecule has 1 aromatic rings. The molecule has 1 saturated carbocycles. The van der Waals surface area contributed by atoms with E-state index in [9.17, 15) is 20.1 Å². The maximum Gasteiger partial charge on any atom is 0.306 e. The summed E-state index contributed by atoms with van der Waals surface area (Å²) in [7, 11) is 0. The van der Waals surface area contributed by atoms with E-state index in [0.717, 1.165) is 32.1 Å². The fourth-order valence-corrected chi connectivity index (χ4v) is 4.13. The molecule has 0 radical (unpaired) electrons. The average molecular weight is 435 g/mol. The Balaban J connectivity index is 0.000000452. The first-order valence-electron chi connectivity index (χ1n) is 11.7. The zero-order valence-corrected chi connectivity index (χ0v) is 19.5. The van der Waals surface area contributed by atoms with Crippen molar-refractivity contribution in [3.8, 4) is 0 Å². The third-order valence-electron chi connectivity index (χ3n) is 5.72. The maximum absolute atomic E-state index is 10.6. The molecule has 176 valence electrons. The average Bonchev–Trinajstić information content (AvgIpc) is 2.98. The van der Waals surface area contributed by atoms with Crippen molar-refractivity contribution in [1.82, 2.24) is 0 Å². The van der Waals surface area contributed by atoms with Crippen molar-refractivity contribution < 1.29 is 24.9 Å². The molecular weight excluding hydrogens is 392 g/mol. The first kappa shape index (κ1) is 27.3. The lowest BCUT2D eigenvalue weighted by molar-refractivity contribution is -0.147. The van der Waals surface area contributed by atoms with Gasteiger partial charge in [0.1, 0.15) is 0 Å². The van der Waals surface area contributed by atoms with Gasteiger partial charge in [-0.25, -0.2) is 0 Å². The number of benzene rings is 1. The van der Waals surface area contributed by atoms with Gasteiger partial charge < -0.3 is 20.1 Å². The normalized spacial score (nSPS) is 23.7. The van der Waals surface area contributed by atoms with Gasteiger partial charge in [-0.3, -0.25) is 4.79 Å². The summed E-state index contributed by atoms with van der Waals surface area (Å²) >= 11 is 0. The Kier molecular flexibility index (Phi) is 13.4. The van der Waals surface area contributed by atoms with Crippen LogP contribution >= 0.6 is 0 Å². The highest BCUT2D eigenvalue weighted by Gasteiger charge is 2.40. The molecule has 1 aromatic carbocycles. The zero-order valence-electron chi connectivity index (χ0n) is 19.5. The largest absolute Gasteiger partial charge is 0.463 e. The quantitative estimate of drug-likeness (QED) is 0.354. The third kappa shape index (κ3) is 10.9. The van der Waals surface area contributed by atoms with Crippen LogP contribution in [0.1, 0.15) is 71.3 Å². The number of ether oxygens (including phenoxy) is 1. The molecule has 2 rings (SSSR count). The molecule has 5 atom stereocenters. The van der Waals surface area contributed by atoms with Crippen LogP contribution in [0.25, 0.3) is 0 Å². The lowest BCUT2D eigenvalue weighted by Gasteiger charge is -2.23. The summed E-state index contributed by atoms with van der Waals surface area (Å²) in [4.78, 5) is 10.6. The van der Waals surface area contributed by atoms with Crippen molar-refractivity contribution in [2.24, 2.45) is 11.8 Å². The number of hydrogen-bond acceptors (Lipinski definition) is 5. The standard InChI is InChI=1S/C19H28O3.C7H14O2/c1-2-6-16-17(19(22)13-18(16)21)12-11-15(20)10-9-14-7-4-3-5-8-14;1-4-5-7(8)9-6(2)3/h2-5,7-8,15-22H,1,6,9-13H2;6H,4-5H2,1-3H3/t15-,16?,17-,18?,19?;/m1./s1. The molecule has 0 aromatic heterocycles. The Bertz CT molecular complexity index is 615. The van der Waals surface area contributed by atoms with E-state index in [-0.39, 0.29) is 30.0 Å². The fraction of sp³-hybridized carbons (Fsp3) is 0.654. The molecule has 1 aliphatic carbocycles. The van der Waals surface area contributed by atoms with Gasteiger partial charge in [-0.2, -0.15) is 0 Å². The number of hydrogen-bond donors (Lipinski definition) is 3. The molecule has 5 nitrogen and oxygen atoms in total. The Morgan fingerprint density at radius 2 is 1.81 bits per heavy atom. The number of esters is 1. The summed E-state index contributed by atoms with van der Waals surface area (Å²) in [5.74, 6) is 0.0562. The van der Waals surface area contributed by atoms with Crippen LogP contribution in [0.3, 0.4) is 0 Å². The smallest absolute Gasteiger partial charge is 0.306 e. The highest BCUT2D eigenvalue weighted by atomic mass is 16.5. The van der Waals surface area contributed by atoms with Crippen LogP contribution in [0.2, 0.25) is 0 Å². The Hall–Kier alpha value is -1.69. The van der Waals surface area contributed by atoms with Gasteiger partial charge in [0.2, 0.25) is 0 Å². The van der Waals surface area contributed by atoms with Gasteiger partial charge in [0.05, 0.1) is 24.4 Å². The molecule has 31 heavy (non-hydrogen) atoms. The van der Waals surface area contributed by atoms with Crippen LogP contribution in [-0.4, -0.2) is 45.7 Å². The van der Waals surface area contributed by atoms with Gasteiger partial charge in [-0.05, 0) is 76.2 Å². The maximum atomic E-state index is 10.6. The van der Waals surface area contributed by atoms with Crippen molar-refractivity contribution in [1.29, 1.82) is 0 Å². The SMILES string of the molecule is C=CCC1C(O)CC(O)[C@@H]1CC[C@H](O)CCc1ccccc1.CCCC(=O)OC(C)C. The molecule has 3 unspecified atom stereocenters. The van der Waals surface area contributed by atoms with Crippen LogP contribution in [0.4, 0.5) is 0 Å². The first-order valence-corrected chi connectivity index (χ1v) is 11.7. The van der Waals surface area contributed by atoms with Gasteiger partial charge in [0, 0.05) is 6.42 Å². The minimum Gasteiger partial charge on any atom is -0.463 e. The predicted octanol–water partition coefficient (Wildman–Crippen LogP) is 4.43. The van der Waals surface area contributed by atoms with E-state index in [2.05, 4.69) is 18.7 Å². The molecule has 1 aliphatic rings. The fourth-order valence-electron chi connectivity index (χ4n) is 4.13. The van der Waals surface area contributed by atoms with E-state index in [1.54, 1.807) is 0 Å². The van der Waals surface area contributed by atoms with E-state index in [4.69, 9.17) is 4.74 Å². The molecular formula is C26H42O5. The van der Waals surface area contributed by atoms with Crippen molar-refractivity contribution in [3.05, 3.63) is 48.6 Å². The lowest BCUT2D eigenvalue weighted by atomic mass is 9.86. The number of aryl methyl sites for hydroxylation is 1. The second-order valence-corrected chi connectivity index (χ2v) is 8.77. The van der Waals surface area contributed by atoms with E-state index in [1.165, 1.54) is 5.56 Å². The molecule has 0 bridgehead atoms. The topological polar surface area (TPSA) is 87.0 Å². The minimum atomic E-state index is -0.457. The van der Waals surface area contributed by atoms with Crippen LogP contribution in [0, 0.1) is 11.8 Å². The molecule has 3 N–H and O–H groups in total. The van der Waals surface area contributed by atoms with E-state index >= 15 is 0 Å². The van der Waals surface area contributed by atoms with Gasteiger partial charge in [-0.15, -0.1) is 6.58 Å². The highest BCUT2D eigenvalue weighted by Crippen LogP contribution is 2.38. The van der Waals surface area contributed by atoms with Gasteiger partial charge >= 0.3 is 5.97 Å². The predicted molar refractivity (Wildman–Crippen MR) is 125 cm³/mol.